The number of benzene rings is 1. The summed E-state index contributed by atoms with van der Waals surface area (Å²) in [6, 6.07) is 8.03. The highest BCUT2D eigenvalue weighted by Crippen LogP contribution is 2.27. The van der Waals surface area contributed by atoms with E-state index in [9.17, 15) is 4.79 Å². The van der Waals surface area contributed by atoms with Crippen LogP contribution in [0.25, 0.3) is 11.4 Å². The van der Waals surface area contributed by atoms with Crippen molar-refractivity contribution in [3.05, 3.63) is 28.7 Å². The quantitative estimate of drug-likeness (QED) is 0.806. The normalized spacial score (nSPS) is 12.5. The average Bonchev–Trinajstić information content (AvgIpc) is 2.79. The highest BCUT2D eigenvalue weighted by molar-refractivity contribution is 9.10. The van der Waals surface area contributed by atoms with Gasteiger partial charge in [-0.05, 0) is 32.9 Å². The predicted molar refractivity (Wildman–Crippen MR) is 92.7 cm³/mol. The summed E-state index contributed by atoms with van der Waals surface area (Å²) in [5.74, 6) is 0.785. The molecule has 5 nitrogen and oxygen atoms in total. The van der Waals surface area contributed by atoms with Crippen LogP contribution in [0.1, 0.15) is 20.8 Å². The van der Waals surface area contributed by atoms with Crippen LogP contribution in [-0.2, 0) is 11.8 Å². The molecule has 2 rings (SSSR count). The summed E-state index contributed by atoms with van der Waals surface area (Å²) in [5.41, 5.74) is 0.982. The first-order valence-electron chi connectivity index (χ1n) is 7.01. The number of amides is 1. The Morgan fingerprint density at radius 1 is 1.32 bits per heavy atom. The van der Waals surface area contributed by atoms with Crippen molar-refractivity contribution in [3.63, 3.8) is 0 Å². The summed E-state index contributed by atoms with van der Waals surface area (Å²) in [4.78, 5) is 12.0. The van der Waals surface area contributed by atoms with E-state index in [4.69, 9.17) is 0 Å². The summed E-state index contributed by atoms with van der Waals surface area (Å²) >= 11 is 4.86. The first-order chi connectivity index (χ1) is 10.4. The van der Waals surface area contributed by atoms with Crippen LogP contribution >= 0.6 is 27.7 Å². The number of hydrogen-bond donors (Lipinski definition) is 1. The van der Waals surface area contributed by atoms with Crippen molar-refractivity contribution in [3.8, 4) is 11.4 Å². The van der Waals surface area contributed by atoms with E-state index in [2.05, 4.69) is 31.4 Å². The van der Waals surface area contributed by atoms with Crippen molar-refractivity contribution < 1.29 is 4.79 Å². The van der Waals surface area contributed by atoms with Crippen LogP contribution in [0.4, 0.5) is 0 Å². The lowest BCUT2D eigenvalue weighted by Crippen LogP contribution is -2.36. The summed E-state index contributed by atoms with van der Waals surface area (Å²) < 4.78 is 2.90. The van der Waals surface area contributed by atoms with E-state index in [-0.39, 0.29) is 17.2 Å². The number of carbonyl (C=O) groups is 1. The number of carbonyl (C=O) groups excluding carboxylic acids is 1. The van der Waals surface area contributed by atoms with Gasteiger partial charge in [-0.1, -0.05) is 39.8 Å². The molecule has 2 aromatic rings. The second-order valence-corrected chi connectivity index (χ2v) is 7.52. The Kier molecular flexibility index (Phi) is 5.63. The number of nitrogens with zero attached hydrogens (tertiary/aromatic N) is 3. The van der Waals surface area contributed by atoms with Gasteiger partial charge in [-0.15, -0.1) is 10.2 Å². The van der Waals surface area contributed by atoms with Gasteiger partial charge >= 0.3 is 0 Å². The maximum absolute atomic E-state index is 12.0. The second kappa shape index (κ2) is 7.28. The topological polar surface area (TPSA) is 59.8 Å². The molecule has 0 aliphatic rings. The van der Waals surface area contributed by atoms with E-state index in [0.29, 0.717) is 0 Å². The number of nitrogens with one attached hydrogen (secondary N) is 1. The van der Waals surface area contributed by atoms with Gasteiger partial charge < -0.3 is 9.88 Å². The van der Waals surface area contributed by atoms with Gasteiger partial charge in [-0.3, -0.25) is 4.79 Å². The van der Waals surface area contributed by atoms with Gasteiger partial charge in [-0.25, -0.2) is 0 Å². The third kappa shape index (κ3) is 4.10. The molecule has 1 atom stereocenters. The maximum Gasteiger partial charge on any atom is 0.233 e. The third-order valence-electron chi connectivity index (χ3n) is 3.00. The van der Waals surface area contributed by atoms with Crippen molar-refractivity contribution in [1.82, 2.24) is 20.1 Å². The van der Waals surface area contributed by atoms with Gasteiger partial charge in [0.15, 0.2) is 11.0 Å². The Morgan fingerprint density at radius 3 is 2.68 bits per heavy atom. The minimum Gasteiger partial charge on any atom is -0.353 e. The molecular formula is C15H19BrN4OS. The van der Waals surface area contributed by atoms with Crippen LogP contribution in [0.5, 0.6) is 0 Å². The van der Waals surface area contributed by atoms with E-state index in [1.807, 2.05) is 56.7 Å². The number of halogens is 1. The minimum absolute atomic E-state index is 0.00649. The lowest BCUT2D eigenvalue weighted by molar-refractivity contribution is -0.120. The van der Waals surface area contributed by atoms with Gasteiger partial charge in [-0.2, -0.15) is 0 Å². The van der Waals surface area contributed by atoms with Gasteiger partial charge in [0, 0.05) is 23.1 Å². The third-order valence-corrected chi connectivity index (χ3v) is 4.63. The van der Waals surface area contributed by atoms with Crippen molar-refractivity contribution in [2.75, 3.05) is 0 Å². The fraction of sp³-hybridized carbons (Fsp3) is 0.400. The molecule has 1 amide bonds. The average molecular weight is 383 g/mol. The molecule has 0 spiro atoms. The second-order valence-electron chi connectivity index (χ2n) is 5.30. The summed E-state index contributed by atoms with van der Waals surface area (Å²) in [5, 5.41) is 11.9. The fourth-order valence-corrected chi connectivity index (χ4v) is 3.13. The molecule has 1 aromatic heterocycles. The molecule has 0 aliphatic carbocycles. The molecule has 0 saturated heterocycles. The Morgan fingerprint density at radius 2 is 2.05 bits per heavy atom. The molecule has 0 saturated carbocycles. The lowest BCUT2D eigenvalue weighted by Gasteiger charge is -2.13. The Hall–Kier alpha value is -1.34. The number of aromatic nitrogens is 3. The van der Waals surface area contributed by atoms with E-state index in [1.54, 1.807) is 0 Å². The summed E-state index contributed by atoms with van der Waals surface area (Å²) in [6.07, 6.45) is 0. The van der Waals surface area contributed by atoms with E-state index < -0.39 is 0 Å². The number of rotatable bonds is 5. The van der Waals surface area contributed by atoms with Gasteiger partial charge in [0.05, 0.1) is 5.25 Å². The summed E-state index contributed by atoms with van der Waals surface area (Å²) in [6.45, 7) is 5.77. The van der Waals surface area contributed by atoms with Crippen LogP contribution < -0.4 is 5.32 Å². The van der Waals surface area contributed by atoms with Crippen LogP contribution in [-0.4, -0.2) is 32.0 Å². The Labute approximate surface area is 143 Å². The summed E-state index contributed by atoms with van der Waals surface area (Å²) in [7, 11) is 1.91. The highest BCUT2D eigenvalue weighted by Gasteiger charge is 2.19. The SMILES string of the molecule is CC(C)NC(=O)C(C)Sc1nnc(-c2cccc(Br)c2)n1C. The number of thioether (sulfide) groups is 1. The minimum atomic E-state index is -0.222. The molecule has 1 unspecified atom stereocenters. The molecule has 0 aliphatic heterocycles. The fourth-order valence-electron chi connectivity index (χ4n) is 1.91. The zero-order valence-corrected chi connectivity index (χ0v) is 15.4. The first-order valence-corrected chi connectivity index (χ1v) is 8.68. The monoisotopic (exact) mass is 382 g/mol. The van der Waals surface area contributed by atoms with E-state index >= 15 is 0 Å². The molecule has 0 radical (unpaired) electrons. The smallest absolute Gasteiger partial charge is 0.233 e. The molecule has 1 heterocycles. The largest absolute Gasteiger partial charge is 0.353 e. The van der Waals surface area contributed by atoms with Crippen LogP contribution in [0.2, 0.25) is 0 Å². The van der Waals surface area contributed by atoms with Gasteiger partial charge in [0.1, 0.15) is 0 Å². The molecule has 22 heavy (non-hydrogen) atoms. The molecule has 7 heteroatoms. The lowest BCUT2D eigenvalue weighted by atomic mass is 10.2. The van der Waals surface area contributed by atoms with Crippen molar-refractivity contribution in [1.29, 1.82) is 0 Å². The van der Waals surface area contributed by atoms with E-state index in [1.165, 1.54) is 11.8 Å². The zero-order valence-electron chi connectivity index (χ0n) is 13.0. The van der Waals surface area contributed by atoms with Crippen LogP contribution in [0.15, 0.2) is 33.9 Å². The molecule has 0 fully saturated rings. The Balaban J connectivity index is 2.16. The van der Waals surface area contributed by atoms with Crippen LogP contribution in [0.3, 0.4) is 0 Å². The van der Waals surface area contributed by atoms with Crippen LogP contribution in [0, 0.1) is 0 Å². The van der Waals surface area contributed by atoms with Crippen molar-refractivity contribution >= 4 is 33.6 Å². The Bertz CT molecular complexity index is 671. The molecule has 1 aromatic carbocycles. The zero-order chi connectivity index (χ0) is 16.3. The van der Waals surface area contributed by atoms with Crippen molar-refractivity contribution in [2.45, 2.75) is 37.2 Å². The molecule has 0 bridgehead atoms. The molecular weight excluding hydrogens is 364 g/mol. The molecule has 118 valence electrons. The van der Waals surface area contributed by atoms with Gasteiger partial charge in [0.25, 0.3) is 0 Å². The molecule has 1 N–H and O–H groups in total. The number of hydrogen-bond acceptors (Lipinski definition) is 4. The standard InChI is InChI=1S/C15H19BrN4OS/c1-9(2)17-14(21)10(3)22-15-19-18-13(20(15)4)11-6-5-7-12(16)8-11/h5-10H,1-4H3,(H,17,21). The first kappa shape index (κ1) is 17.0. The van der Waals surface area contributed by atoms with Gasteiger partial charge in [0.2, 0.25) is 5.91 Å². The predicted octanol–water partition coefficient (Wildman–Crippen LogP) is 3.25. The highest BCUT2D eigenvalue weighted by atomic mass is 79.9. The maximum atomic E-state index is 12.0. The van der Waals surface area contributed by atoms with Crippen molar-refractivity contribution in [2.24, 2.45) is 7.05 Å². The van der Waals surface area contributed by atoms with E-state index in [0.717, 1.165) is 21.0 Å².